The molecule has 1 heterocycles. The van der Waals surface area contributed by atoms with Crippen LogP contribution in [0.3, 0.4) is 0 Å². The number of hydrogen-bond acceptors (Lipinski definition) is 4. The third kappa shape index (κ3) is 2.82. The van der Waals surface area contributed by atoms with Gasteiger partial charge in [-0.2, -0.15) is 5.26 Å². The van der Waals surface area contributed by atoms with Crippen molar-refractivity contribution >= 4 is 28.4 Å². The molecule has 0 unspecified atom stereocenters. The predicted octanol–water partition coefficient (Wildman–Crippen LogP) is 3.90. The Morgan fingerprint density at radius 3 is 2.74 bits per heavy atom. The molecule has 0 atom stereocenters. The minimum Gasteiger partial charge on any atom is -0.383 e. The van der Waals surface area contributed by atoms with Crippen LogP contribution in [0.5, 0.6) is 0 Å². The van der Waals surface area contributed by atoms with Gasteiger partial charge in [-0.1, -0.05) is 32.0 Å². The lowest BCUT2D eigenvalue weighted by Gasteiger charge is -2.15. The third-order valence-corrected chi connectivity index (χ3v) is 3.53. The number of thioether (sulfide) groups is 1. The van der Waals surface area contributed by atoms with Crippen LogP contribution in [0.25, 0.3) is 10.9 Å². The summed E-state index contributed by atoms with van der Waals surface area (Å²) in [4.78, 5) is 4.55. The van der Waals surface area contributed by atoms with E-state index in [-0.39, 0.29) is 0 Å². The van der Waals surface area contributed by atoms with Gasteiger partial charge in [-0.25, -0.2) is 4.98 Å². The molecule has 0 fully saturated rings. The van der Waals surface area contributed by atoms with E-state index in [1.807, 2.05) is 30.5 Å². The monoisotopic (exact) mass is 271 g/mol. The topological polar surface area (TPSA) is 48.7 Å². The van der Waals surface area contributed by atoms with Crippen LogP contribution in [-0.2, 0) is 0 Å². The maximum atomic E-state index is 9.41. The first-order chi connectivity index (χ1) is 9.17. The lowest BCUT2D eigenvalue weighted by Crippen LogP contribution is -2.10. The zero-order chi connectivity index (χ0) is 13.8. The van der Waals surface area contributed by atoms with Gasteiger partial charge >= 0.3 is 0 Å². The van der Waals surface area contributed by atoms with E-state index in [1.54, 1.807) is 0 Å². The second kappa shape index (κ2) is 5.94. The van der Waals surface area contributed by atoms with Crippen molar-refractivity contribution in [2.75, 3.05) is 18.1 Å². The molecule has 0 bridgehead atoms. The van der Waals surface area contributed by atoms with E-state index >= 15 is 0 Å². The molecule has 0 radical (unpaired) electrons. The molecule has 0 saturated heterocycles. The summed E-state index contributed by atoms with van der Waals surface area (Å²) in [6.07, 6.45) is 1.95. The van der Waals surface area contributed by atoms with Crippen molar-refractivity contribution in [3.8, 4) is 6.07 Å². The van der Waals surface area contributed by atoms with Crippen LogP contribution in [0, 0.1) is 17.2 Å². The second-order valence-corrected chi connectivity index (χ2v) is 5.57. The largest absolute Gasteiger partial charge is 0.383 e. The summed E-state index contributed by atoms with van der Waals surface area (Å²) < 4.78 is 0. The number of aromatic nitrogens is 1. The number of nitriles is 1. The Hall–Kier alpha value is -1.73. The smallest absolute Gasteiger partial charge is 0.116 e. The number of para-hydroxylation sites is 1. The Kier molecular flexibility index (Phi) is 4.28. The summed E-state index contributed by atoms with van der Waals surface area (Å²) >= 11 is 1.51. The highest BCUT2D eigenvalue weighted by atomic mass is 32.2. The van der Waals surface area contributed by atoms with Crippen LogP contribution in [0.15, 0.2) is 29.3 Å². The number of nitrogens with zero attached hydrogens (tertiary/aromatic N) is 2. The zero-order valence-corrected chi connectivity index (χ0v) is 12.2. The zero-order valence-electron chi connectivity index (χ0n) is 11.4. The molecule has 0 aliphatic rings. The van der Waals surface area contributed by atoms with E-state index < -0.39 is 0 Å². The molecule has 0 aliphatic carbocycles. The van der Waals surface area contributed by atoms with Gasteiger partial charge < -0.3 is 5.32 Å². The van der Waals surface area contributed by atoms with Gasteiger partial charge in [0.25, 0.3) is 0 Å². The van der Waals surface area contributed by atoms with Crippen LogP contribution in [0.4, 0.5) is 5.69 Å². The molecule has 0 amide bonds. The number of hydrogen-bond donors (Lipinski definition) is 1. The van der Waals surface area contributed by atoms with E-state index in [0.717, 1.165) is 28.2 Å². The number of anilines is 1. The minimum atomic E-state index is 0.524. The Morgan fingerprint density at radius 1 is 1.37 bits per heavy atom. The molecule has 0 aliphatic heterocycles. The molecule has 4 heteroatoms. The van der Waals surface area contributed by atoms with Crippen molar-refractivity contribution in [3.63, 3.8) is 0 Å². The Morgan fingerprint density at radius 2 is 2.11 bits per heavy atom. The summed E-state index contributed by atoms with van der Waals surface area (Å²) in [5, 5.41) is 14.6. The molecule has 2 aromatic rings. The van der Waals surface area contributed by atoms with Crippen molar-refractivity contribution in [2.24, 2.45) is 5.92 Å². The van der Waals surface area contributed by atoms with Gasteiger partial charge in [0.05, 0.1) is 11.2 Å². The van der Waals surface area contributed by atoms with Gasteiger partial charge in [-0.15, -0.1) is 11.8 Å². The van der Waals surface area contributed by atoms with E-state index in [0.29, 0.717) is 11.5 Å². The van der Waals surface area contributed by atoms with Gasteiger partial charge in [0.15, 0.2) is 0 Å². The molecule has 1 aromatic carbocycles. The van der Waals surface area contributed by atoms with Crippen LogP contribution in [0.2, 0.25) is 0 Å². The average molecular weight is 271 g/mol. The fraction of sp³-hybridized carbons (Fsp3) is 0.333. The molecule has 98 valence electrons. The Labute approximate surface area is 118 Å². The molecule has 1 aromatic heterocycles. The first-order valence-corrected chi connectivity index (χ1v) is 7.50. The molecule has 2 rings (SSSR count). The van der Waals surface area contributed by atoms with Crippen molar-refractivity contribution in [1.82, 2.24) is 4.98 Å². The number of nitrogens with one attached hydrogen (secondary N) is 1. The van der Waals surface area contributed by atoms with E-state index in [2.05, 4.69) is 30.2 Å². The molecule has 0 spiro atoms. The highest BCUT2D eigenvalue weighted by Crippen LogP contribution is 2.32. The van der Waals surface area contributed by atoms with E-state index in [1.165, 1.54) is 11.8 Å². The summed E-state index contributed by atoms with van der Waals surface area (Å²) in [7, 11) is 0. The fourth-order valence-corrected chi connectivity index (χ4v) is 2.47. The van der Waals surface area contributed by atoms with Crippen LogP contribution in [-0.4, -0.2) is 17.8 Å². The number of pyridine rings is 1. The summed E-state index contributed by atoms with van der Waals surface area (Å²) in [5.41, 5.74) is 2.48. The lowest BCUT2D eigenvalue weighted by atomic mass is 10.1. The molecule has 1 N–H and O–H groups in total. The molecule has 0 saturated carbocycles. The summed E-state index contributed by atoms with van der Waals surface area (Å²) in [6.45, 7) is 5.15. The van der Waals surface area contributed by atoms with E-state index in [4.69, 9.17) is 0 Å². The highest BCUT2D eigenvalue weighted by molar-refractivity contribution is 7.98. The molecular weight excluding hydrogens is 254 g/mol. The standard InChI is InChI=1S/C15H17N3S/c1-10(2)9-17-14-11-6-4-5-7-13(11)18-15(19-3)12(14)8-16/h4-7,10H,9H2,1-3H3,(H,17,18). The van der Waals surface area contributed by atoms with Crippen molar-refractivity contribution < 1.29 is 0 Å². The lowest BCUT2D eigenvalue weighted by molar-refractivity contribution is 0.689. The van der Waals surface area contributed by atoms with E-state index in [9.17, 15) is 5.26 Å². The molecule has 3 nitrogen and oxygen atoms in total. The highest BCUT2D eigenvalue weighted by Gasteiger charge is 2.14. The number of rotatable bonds is 4. The molecular formula is C15H17N3S. The summed E-state index contributed by atoms with van der Waals surface area (Å²) in [6, 6.07) is 10.2. The molecule has 19 heavy (non-hydrogen) atoms. The van der Waals surface area contributed by atoms with Crippen LogP contribution in [0.1, 0.15) is 19.4 Å². The van der Waals surface area contributed by atoms with Crippen molar-refractivity contribution in [2.45, 2.75) is 18.9 Å². The minimum absolute atomic E-state index is 0.524. The quantitative estimate of drug-likeness (QED) is 0.857. The normalized spacial score (nSPS) is 10.7. The fourth-order valence-electron chi connectivity index (χ4n) is 1.93. The predicted molar refractivity (Wildman–Crippen MR) is 81.6 cm³/mol. The van der Waals surface area contributed by atoms with Crippen molar-refractivity contribution in [1.29, 1.82) is 5.26 Å². The average Bonchev–Trinajstić information content (AvgIpc) is 2.43. The third-order valence-electron chi connectivity index (χ3n) is 2.85. The van der Waals surface area contributed by atoms with Crippen molar-refractivity contribution in [3.05, 3.63) is 29.8 Å². The van der Waals surface area contributed by atoms with Crippen LogP contribution < -0.4 is 5.32 Å². The Bertz CT molecular complexity index is 629. The van der Waals surface area contributed by atoms with Gasteiger partial charge in [0.1, 0.15) is 16.7 Å². The SMILES string of the molecule is CSc1nc2ccccc2c(NCC(C)C)c1C#N. The second-order valence-electron chi connectivity index (χ2n) is 4.77. The van der Waals surface area contributed by atoms with Gasteiger partial charge in [0, 0.05) is 11.9 Å². The Balaban J connectivity index is 2.64. The summed E-state index contributed by atoms with van der Waals surface area (Å²) in [5.74, 6) is 0.524. The first-order valence-electron chi connectivity index (χ1n) is 6.28. The van der Waals surface area contributed by atoms with Gasteiger partial charge in [-0.3, -0.25) is 0 Å². The van der Waals surface area contributed by atoms with Crippen LogP contribution >= 0.6 is 11.8 Å². The maximum absolute atomic E-state index is 9.41. The maximum Gasteiger partial charge on any atom is 0.116 e. The first kappa shape index (κ1) is 13.7. The number of benzene rings is 1. The number of fused-ring (bicyclic) bond motifs is 1. The van der Waals surface area contributed by atoms with Gasteiger partial charge in [0.2, 0.25) is 0 Å². The van der Waals surface area contributed by atoms with Gasteiger partial charge in [-0.05, 0) is 18.2 Å².